The lowest BCUT2D eigenvalue weighted by atomic mass is 9.73. The van der Waals surface area contributed by atoms with Crippen molar-refractivity contribution in [2.75, 3.05) is 13.6 Å². The van der Waals surface area contributed by atoms with Gasteiger partial charge in [-0.2, -0.15) is 0 Å². The minimum absolute atomic E-state index is 0.0112. The second-order valence-electron chi connectivity index (χ2n) is 6.77. The Bertz CT molecular complexity index is 582. The number of amides is 1. The lowest BCUT2D eigenvalue weighted by Crippen LogP contribution is -2.56. The average molecular weight is 314 g/mol. The van der Waals surface area contributed by atoms with Crippen LogP contribution in [-0.4, -0.2) is 35.7 Å². The fourth-order valence-electron chi connectivity index (χ4n) is 4.05. The van der Waals surface area contributed by atoms with Crippen molar-refractivity contribution in [1.29, 1.82) is 0 Å². The molecule has 1 aromatic carbocycles. The van der Waals surface area contributed by atoms with Crippen molar-refractivity contribution in [3.05, 3.63) is 35.9 Å². The number of phenols is 1. The van der Waals surface area contributed by atoms with E-state index in [-0.39, 0.29) is 17.8 Å². The van der Waals surface area contributed by atoms with Crippen molar-refractivity contribution < 1.29 is 9.90 Å². The van der Waals surface area contributed by atoms with Crippen LogP contribution in [0.25, 0.3) is 6.08 Å². The van der Waals surface area contributed by atoms with Crippen LogP contribution >= 0.6 is 0 Å². The summed E-state index contributed by atoms with van der Waals surface area (Å²) in [6, 6.07) is 6.93. The van der Waals surface area contributed by atoms with Gasteiger partial charge in [-0.1, -0.05) is 31.4 Å². The number of piperidine rings is 1. The second-order valence-corrected chi connectivity index (χ2v) is 6.77. The first-order valence-corrected chi connectivity index (χ1v) is 8.62. The van der Waals surface area contributed by atoms with Crippen molar-refractivity contribution in [2.45, 2.75) is 38.3 Å². The van der Waals surface area contributed by atoms with Gasteiger partial charge in [0, 0.05) is 13.1 Å². The highest BCUT2D eigenvalue weighted by Crippen LogP contribution is 2.37. The fraction of sp³-hybridized carbons (Fsp3) is 0.526. The predicted octanol–water partition coefficient (Wildman–Crippen LogP) is 2.99. The number of carbonyl (C=O) groups is 1. The quantitative estimate of drug-likeness (QED) is 0.843. The van der Waals surface area contributed by atoms with Gasteiger partial charge in [-0.05, 0) is 55.0 Å². The maximum atomic E-state index is 12.5. The van der Waals surface area contributed by atoms with E-state index in [1.165, 1.54) is 32.1 Å². The number of carbonyl (C=O) groups excluding carboxylic acids is 1. The largest absolute Gasteiger partial charge is 0.508 e. The summed E-state index contributed by atoms with van der Waals surface area (Å²) < 4.78 is 0. The number of hydrogen-bond acceptors (Lipinski definition) is 3. The van der Waals surface area contributed by atoms with E-state index >= 15 is 0 Å². The van der Waals surface area contributed by atoms with Crippen molar-refractivity contribution in [3.63, 3.8) is 0 Å². The smallest absolute Gasteiger partial charge is 0.247 e. The van der Waals surface area contributed by atoms with Gasteiger partial charge in [0.2, 0.25) is 5.91 Å². The Labute approximate surface area is 138 Å². The first-order valence-electron chi connectivity index (χ1n) is 8.62. The van der Waals surface area contributed by atoms with E-state index in [1.807, 2.05) is 18.0 Å². The van der Waals surface area contributed by atoms with Gasteiger partial charge in [0.05, 0.1) is 6.17 Å². The molecule has 1 amide bonds. The number of nitrogens with one attached hydrogen (secondary N) is 1. The third-order valence-electron chi connectivity index (χ3n) is 5.30. The monoisotopic (exact) mass is 314 g/mol. The summed E-state index contributed by atoms with van der Waals surface area (Å²) in [6.45, 7) is 1.000. The van der Waals surface area contributed by atoms with E-state index in [0.717, 1.165) is 18.0 Å². The van der Waals surface area contributed by atoms with Crippen molar-refractivity contribution in [3.8, 4) is 5.75 Å². The normalized spacial score (nSPS) is 27.6. The van der Waals surface area contributed by atoms with Crippen LogP contribution in [0, 0.1) is 11.8 Å². The van der Waals surface area contributed by atoms with Gasteiger partial charge in [0.1, 0.15) is 5.75 Å². The molecule has 0 bridgehead atoms. The van der Waals surface area contributed by atoms with Crippen LogP contribution in [0.5, 0.6) is 5.75 Å². The molecular formula is C19H26N2O2. The molecule has 0 aromatic heterocycles. The van der Waals surface area contributed by atoms with E-state index < -0.39 is 0 Å². The Morgan fingerprint density at radius 3 is 2.96 bits per heavy atom. The molecule has 4 heteroatoms. The minimum Gasteiger partial charge on any atom is -0.508 e. The van der Waals surface area contributed by atoms with E-state index in [1.54, 1.807) is 30.4 Å². The summed E-state index contributed by atoms with van der Waals surface area (Å²) >= 11 is 0. The number of benzene rings is 1. The van der Waals surface area contributed by atoms with Crippen LogP contribution in [0.4, 0.5) is 0 Å². The third-order valence-corrected chi connectivity index (χ3v) is 5.30. The number of aromatic hydroxyl groups is 1. The highest BCUT2D eigenvalue weighted by Gasteiger charge is 2.37. The van der Waals surface area contributed by atoms with Crippen molar-refractivity contribution in [2.24, 2.45) is 11.8 Å². The van der Waals surface area contributed by atoms with Gasteiger partial charge in [0.15, 0.2) is 0 Å². The Morgan fingerprint density at radius 2 is 2.13 bits per heavy atom. The van der Waals surface area contributed by atoms with Crippen LogP contribution in [0.2, 0.25) is 0 Å². The molecule has 0 radical (unpaired) electrons. The standard InChI is InChI=1S/C19H26N2O2/c1-21(18(23)10-9-14-5-4-7-16(22)13-14)19-17-8-3-2-6-15(17)11-12-20-19/h4-5,7,9-10,13,15,17,19-20,22H,2-3,6,8,11-12H2,1H3/b10-9+. The van der Waals surface area contributed by atoms with Crippen molar-refractivity contribution in [1.82, 2.24) is 10.2 Å². The Hall–Kier alpha value is -1.81. The molecular weight excluding hydrogens is 288 g/mol. The maximum Gasteiger partial charge on any atom is 0.247 e. The SMILES string of the molecule is CN(C(=O)/C=C/c1cccc(O)c1)C1NCCC2CCCCC21. The van der Waals surface area contributed by atoms with Gasteiger partial charge < -0.3 is 10.0 Å². The topological polar surface area (TPSA) is 52.6 Å². The lowest BCUT2D eigenvalue weighted by molar-refractivity contribution is -0.130. The Morgan fingerprint density at radius 1 is 1.30 bits per heavy atom. The van der Waals surface area contributed by atoms with Crippen LogP contribution in [0.3, 0.4) is 0 Å². The molecule has 1 aliphatic heterocycles. The molecule has 23 heavy (non-hydrogen) atoms. The number of fused-ring (bicyclic) bond motifs is 1. The molecule has 2 N–H and O–H groups in total. The fourth-order valence-corrected chi connectivity index (χ4v) is 4.05. The highest BCUT2D eigenvalue weighted by molar-refractivity contribution is 5.91. The molecule has 3 unspecified atom stereocenters. The Balaban J connectivity index is 1.66. The number of nitrogens with zero attached hydrogens (tertiary/aromatic N) is 1. The average Bonchev–Trinajstić information content (AvgIpc) is 2.58. The Kier molecular flexibility index (Phi) is 5.01. The number of rotatable bonds is 3. The van der Waals surface area contributed by atoms with E-state index in [0.29, 0.717) is 5.92 Å². The van der Waals surface area contributed by atoms with E-state index in [4.69, 9.17) is 0 Å². The van der Waals surface area contributed by atoms with Crippen LogP contribution in [0.15, 0.2) is 30.3 Å². The number of hydrogen-bond donors (Lipinski definition) is 2. The molecule has 0 spiro atoms. The molecule has 1 aliphatic carbocycles. The van der Waals surface area contributed by atoms with Gasteiger partial charge in [-0.25, -0.2) is 0 Å². The summed E-state index contributed by atoms with van der Waals surface area (Å²) in [5.74, 6) is 1.57. The van der Waals surface area contributed by atoms with Gasteiger partial charge >= 0.3 is 0 Å². The van der Waals surface area contributed by atoms with Crippen molar-refractivity contribution >= 4 is 12.0 Å². The molecule has 4 nitrogen and oxygen atoms in total. The summed E-state index contributed by atoms with van der Waals surface area (Å²) in [5, 5.41) is 13.0. The maximum absolute atomic E-state index is 12.5. The van der Waals surface area contributed by atoms with E-state index in [2.05, 4.69) is 5.32 Å². The zero-order chi connectivity index (χ0) is 16.2. The molecule has 2 aliphatic rings. The first-order chi connectivity index (χ1) is 11.1. The van der Waals surface area contributed by atoms with Crippen LogP contribution in [-0.2, 0) is 4.79 Å². The molecule has 3 rings (SSSR count). The molecule has 3 atom stereocenters. The number of phenolic OH excluding ortho intramolecular Hbond substituents is 1. The highest BCUT2D eigenvalue weighted by atomic mass is 16.3. The van der Waals surface area contributed by atoms with Gasteiger partial charge in [0.25, 0.3) is 0 Å². The third kappa shape index (κ3) is 3.75. The number of likely N-dealkylation sites (N-methyl/N-ethyl adjacent to an activating group) is 1. The van der Waals surface area contributed by atoms with Gasteiger partial charge in [-0.15, -0.1) is 0 Å². The van der Waals surface area contributed by atoms with Crippen LogP contribution < -0.4 is 5.32 Å². The minimum atomic E-state index is 0.0112. The molecule has 1 saturated carbocycles. The van der Waals surface area contributed by atoms with Crippen LogP contribution in [0.1, 0.15) is 37.7 Å². The van der Waals surface area contributed by atoms with Gasteiger partial charge in [-0.3, -0.25) is 10.1 Å². The lowest BCUT2D eigenvalue weighted by Gasteiger charge is -2.45. The summed E-state index contributed by atoms with van der Waals surface area (Å²) in [5.41, 5.74) is 0.832. The molecule has 1 heterocycles. The molecule has 1 saturated heterocycles. The molecule has 1 aromatic rings. The predicted molar refractivity (Wildman–Crippen MR) is 91.8 cm³/mol. The summed E-state index contributed by atoms with van der Waals surface area (Å²) in [4.78, 5) is 14.4. The first kappa shape index (κ1) is 16.1. The zero-order valence-electron chi connectivity index (χ0n) is 13.7. The van der Waals surface area contributed by atoms with E-state index in [9.17, 15) is 9.90 Å². The summed E-state index contributed by atoms with van der Waals surface area (Å²) in [6.07, 6.45) is 9.89. The summed E-state index contributed by atoms with van der Waals surface area (Å²) in [7, 11) is 1.89. The molecule has 2 fully saturated rings. The zero-order valence-corrected chi connectivity index (χ0v) is 13.7. The molecule has 124 valence electrons. The second kappa shape index (κ2) is 7.18.